The molecule has 0 aromatic heterocycles. The summed E-state index contributed by atoms with van der Waals surface area (Å²) in [5, 5.41) is 0. The second-order valence-corrected chi connectivity index (χ2v) is 23.2. The summed E-state index contributed by atoms with van der Waals surface area (Å²) < 4.78 is 0. The highest BCUT2D eigenvalue weighted by Gasteiger charge is 2.52. The molecule has 0 aliphatic heterocycles. The monoisotopic (exact) mass is 857 g/mol. The minimum atomic E-state index is -0.513. The van der Waals surface area contributed by atoms with Crippen molar-refractivity contribution in [3.05, 3.63) is 220 Å². The average molecular weight is 858 g/mol. The summed E-state index contributed by atoms with van der Waals surface area (Å²) >= 11 is 0. The van der Waals surface area contributed by atoms with E-state index in [1.54, 1.807) is 0 Å². The van der Waals surface area contributed by atoms with Crippen molar-refractivity contribution in [1.29, 1.82) is 0 Å². The van der Waals surface area contributed by atoms with E-state index in [9.17, 15) is 0 Å². The molecule has 0 heterocycles. The predicted octanol–water partition coefficient (Wildman–Crippen LogP) is 17.7. The molecule has 1 heteroatoms. The third kappa shape index (κ3) is 6.33. The van der Waals surface area contributed by atoms with E-state index in [-0.39, 0.29) is 21.7 Å². The van der Waals surface area contributed by atoms with Gasteiger partial charge >= 0.3 is 0 Å². The van der Waals surface area contributed by atoms with Crippen molar-refractivity contribution in [2.75, 3.05) is 4.90 Å². The lowest BCUT2D eigenvalue weighted by atomic mass is 9.68. The van der Waals surface area contributed by atoms with E-state index in [1.807, 2.05) is 0 Å². The first-order valence-electron chi connectivity index (χ1n) is 24.1. The van der Waals surface area contributed by atoms with Crippen LogP contribution in [0.5, 0.6) is 0 Å². The number of anilines is 3. The first kappa shape index (κ1) is 42.2. The molecular weight excluding hydrogens is 795 g/mol. The van der Waals surface area contributed by atoms with Gasteiger partial charge in [0.25, 0.3) is 0 Å². The molecule has 0 amide bonds. The summed E-state index contributed by atoms with van der Waals surface area (Å²) in [5.74, 6) is 0. The molecule has 8 aromatic rings. The lowest BCUT2D eigenvalue weighted by Gasteiger charge is -2.34. The van der Waals surface area contributed by atoms with Crippen LogP contribution in [0.15, 0.2) is 170 Å². The van der Waals surface area contributed by atoms with Crippen LogP contribution in [0.4, 0.5) is 17.1 Å². The van der Waals surface area contributed by atoms with Crippen molar-refractivity contribution in [3.63, 3.8) is 0 Å². The fourth-order valence-electron chi connectivity index (χ4n) is 11.9. The fourth-order valence-corrected chi connectivity index (χ4v) is 11.9. The number of benzene rings is 8. The fraction of sp³-hybridized carbons (Fsp3) is 0.262. The molecule has 0 radical (unpaired) electrons. The predicted molar refractivity (Wildman–Crippen MR) is 281 cm³/mol. The van der Waals surface area contributed by atoms with Gasteiger partial charge in [0.1, 0.15) is 0 Å². The molecule has 0 saturated carbocycles. The Morgan fingerprint density at radius 1 is 0.364 bits per heavy atom. The maximum absolute atomic E-state index is 2.58. The first-order chi connectivity index (χ1) is 31.4. The molecule has 3 aliphatic carbocycles. The van der Waals surface area contributed by atoms with Crippen LogP contribution < -0.4 is 4.90 Å². The molecule has 8 aromatic carbocycles. The largest absolute Gasteiger partial charge is 0.310 e. The molecule has 328 valence electrons. The zero-order chi connectivity index (χ0) is 46.1. The van der Waals surface area contributed by atoms with E-state index in [1.165, 1.54) is 100 Å². The molecule has 1 nitrogen and oxygen atoms in total. The van der Waals surface area contributed by atoms with Crippen molar-refractivity contribution in [3.8, 4) is 44.5 Å². The van der Waals surface area contributed by atoms with E-state index in [0.717, 1.165) is 17.8 Å². The number of hydrogen-bond acceptors (Lipinski definition) is 1. The van der Waals surface area contributed by atoms with Gasteiger partial charge in [0.15, 0.2) is 0 Å². The molecule has 0 saturated heterocycles. The zero-order valence-electron chi connectivity index (χ0n) is 40.8. The molecule has 0 unspecified atom stereocenters. The van der Waals surface area contributed by atoms with Gasteiger partial charge in [0, 0.05) is 22.4 Å². The zero-order valence-corrected chi connectivity index (χ0v) is 40.8. The Kier molecular flexibility index (Phi) is 9.29. The van der Waals surface area contributed by atoms with Gasteiger partial charge in [-0.3, -0.25) is 0 Å². The van der Waals surface area contributed by atoms with Crippen LogP contribution in [0.3, 0.4) is 0 Å². The third-order valence-corrected chi connectivity index (χ3v) is 15.2. The smallest absolute Gasteiger partial charge is 0.0726 e. The number of nitrogens with zero attached hydrogens (tertiary/aromatic N) is 1. The van der Waals surface area contributed by atoms with Gasteiger partial charge in [0.05, 0.1) is 11.1 Å². The number of fused-ring (bicyclic) bond motifs is 13. The summed E-state index contributed by atoms with van der Waals surface area (Å²) in [6.45, 7) is 25.9. The highest BCUT2D eigenvalue weighted by atomic mass is 15.1. The lowest BCUT2D eigenvalue weighted by Crippen LogP contribution is -2.27. The summed E-state index contributed by atoms with van der Waals surface area (Å²) in [4.78, 5) is 2.58. The van der Waals surface area contributed by atoms with Gasteiger partial charge in [0.2, 0.25) is 0 Å². The van der Waals surface area contributed by atoms with E-state index in [4.69, 9.17) is 0 Å². The highest BCUT2D eigenvalue weighted by Crippen LogP contribution is 2.64. The normalized spacial score (nSPS) is 14.9. The molecule has 3 aliphatic rings. The van der Waals surface area contributed by atoms with Crippen LogP contribution in [0, 0.1) is 5.41 Å². The van der Waals surface area contributed by atoms with E-state index < -0.39 is 5.41 Å². The molecule has 0 atom stereocenters. The summed E-state index contributed by atoms with van der Waals surface area (Å²) in [5.41, 5.74) is 25.8. The molecule has 11 rings (SSSR count). The Balaban J connectivity index is 1.22. The molecule has 1 spiro atoms. The number of rotatable bonds is 5. The summed E-state index contributed by atoms with van der Waals surface area (Å²) in [7, 11) is 0. The Morgan fingerprint density at radius 3 is 1.33 bits per heavy atom. The Labute approximate surface area is 394 Å². The van der Waals surface area contributed by atoms with Gasteiger partial charge in [-0.2, -0.15) is 0 Å². The van der Waals surface area contributed by atoms with Gasteiger partial charge in [-0.05, 0) is 142 Å². The molecule has 66 heavy (non-hydrogen) atoms. The van der Waals surface area contributed by atoms with E-state index >= 15 is 0 Å². The first-order valence-corrected chi connectivity index (χ1v) is 24.1. The van der Waals surface area contributed by atoms with Crippen molar-refractivity contribution in [2.45, 2.75) is 104 Å². The lowest BCUT2D eigenvalue weighted by molar-refractivity contribution is 0.412. The van der Waals surface area contributed by atoms with Gasteiger partial charge in [-0.1, -0.05) is 216 Å². The highest BCUT2D eigenvalue weighted by molar-refractivity contribution is 5.98. The van der Waals surface area contributed by atoms with Crippen LogP contribution in [-0.2, 0) is 28.1 Å². The van der Waals surface area contributed by atoms with Crippen LogP contribution in [0.1, 0.15) is 126 Å². The number of para-hydroxylation sites is 1. The van der Waals surface area contributed by atoms with E-state index in [0.29, 0.717) is 0 Å². The van der Waals surface area contributed by atoms with Crippen molar-refractivity contribution in [1.82, 2.24) is 0 Å². The second-order valence-electron chi connectivity index (χ2n) is 23.2. The van der Waals surface area contributed by atoms with Gasteiger partial charge in [-0.15, -0.1) is 0 Å². The summed E-state index contributed by atoms with van der Waals surface area (Å²) in [6, 6.07) is 65.8. The maximum Gasteiger partial charge on any atom is 0.0726 e. The van der Waals surface area contributed by atoms with Crippen LogP contribution in [0.25, 0.3) is 44.5 Å². The number of hydrogen-bond donors (Lipinski definition) is 0. The van der Waals surface area contributed by atoms with Crippen LogP contribution in [-0.4, -0.2) is 0 Å². The SMILES string of the molecule is CC(C)(C)Cc1ccccc1-c1ccccc1N(c1ccc2c(c1)C(C)(C)c1ccccc1-2)c1ccc2c(c1)C1(c3ccccc3-2)c2cc(C(C)(C)C)ccc2-c2ccc(C(C)(C)C)cc21. The topological polar surface area (TPSA) is 3.24 Å². The van der Waals surface area contributed by atoms with Crippen LogP contribution in [0.2, 0.25) is 0 Å². The molecule has 0 bridgehead atoms. The van der Waals surface area contributed by atoms with Crippen molar-refractivity contribution >= 4 is 17.1 Å². The van der Waals surface area contributed by atoms with Crippen molar-refractivity contribution < 1.29 is 0 Å². The Bertz CT molecular complexity index is 3200. The minimum absolute atomic E-state index is 0.0187. The summed E-state index contributed by atoms with van der Waals surface area (Å²) in [6.07, 6.45) is 0.981. The van der Waals surface area contributed by atoms with E-state index in [2.05, 4.69) is 251 Å². The molecule has 0 fully saturated rings. The second kappa shape index (κ2) is 14.5. The van der Waals surface area contributed by atoms with Crippen LogP contribution >= 0.6 is 0 Å². The van der Waals surface area contributed by atoms with Gasteiger partial charge in [-0.25, -0.2) is 0 Å². The molecular formula is C65H63N. The quantitative estimate of drug-likeness (QED) is 0.167. The van der Waals surface area contributed by atoms with Crippen molar-refractivity contribution in [2.24, 2.45) is 5.41 Å². The Morgan fingerprint density at radius 2 is 0.773 bits per heavy atom. The average Bonchev–Trinajstić information content (AvgIpc) is 3.83. The molecule has 0 N–H and O–H groups in total. The Hall–Kier alpha value is -6.44. The standard InChI is InChI=1S/C65H63N/c1-61(2,3)40-41-20-12-13-21-46(41)53-24-16-19-27-60(53)66(44-30-34-49-47-22-14-17-25-54(47)64(10,11)56(49)38-44)45-31-35-52-48-23-15-18-26-55(48)65(59(52)39-45)57-36-42(62(4,5)6)28-32-50(57)51-33-29-43(37-58(51)65)63(7,8)9/h12-39H,40H2,1-11H3. The third-order valence-electron chi connectivity index (χ3n) is 15.2. The van der Waals surface area contributed by atoms with Gasteiger partial charge < -0.3 is 4.90 Å². The minimum Gasteiger partial charge on any atom is -0.310 e. The maximum atomic E-state index is 2.58.